The summed E-state index contributed by atoms with van der Waals surface area (Å²) in [6.45, 7) is 1.52. The zero-order chi connectivity index (χ0) is 24.2. The normalized spacial score (nSPS) is 13.9. The third-order valence-corrected chi connectivity index (χ3v) is 6.13. The zero-order valence-electron chi connectivity index (χ0n) is 20.3. The fourth-order valence-corrected chi connectivity index (χ4v) is 4.32. The van der Waals surface area contributed by atoms with Gasteiger partial charge in [0, 0.05) is 41.2 Å². The molecule has 0 radical (unpaired) electrons. The highest BCUT2D eigenvalue weighted by molar-refractivity contribution is 6.04. The van der Waals surface area contributed by atoms with E-state index >= 15 is 0 Å². The molecule has 0 fully saturated rings. The SMILES string of the molecule is CO/N=C1\CCc2cc(-c3nc(-c4ccc(OCCN(C)C)cc4)[nH]c3-c3ccncc3)ccc21. The van der Waals surface area contributed by atoms with E-state index in [1.807, 2.05) is 50.5 Å². The Balaban J connectivity index is 1.49. The molecule has 2 aromatic carbocycles. The smallest absolute Gasteiger partial charge is 0.138 e. The van der Waals surface area contributed by atoms with Gasteiger partial charge in [0.2, 0.25) is 0 Å². The van der Waals surface area contributed by atoms with E-state index in [4.69, 9.17) is 14.6 Å². The number of hydrogen-bond donors (Lipinski definition) is 1. The molecule has 0 saturated carbocycles. The summed E-state index contributed by atoms with van der Waals surface area (Å²) < 4.78 is 5.85. The monoisotopic (exact) mass is 467 g/mol. The first-order valence-electron chi connectivity index (χ1n) is 11.7. The van der Waals surface area contributed by atoms with Gasteiger partial charge in [0.25, 0.3) is 0 Å². The molecule has 4 aromatic rings. The van der Waals surface area contributed by atoms with Crippen LogP contribution in [0.3, 0.4) is 0 Å². The number of benzene rings is 2. The Morgan fingerprint density at radius 1 is 0.943 bits per heavy atom. The predicted molar refractivity (Wildman–Crippen MR) is 139 cm³/mol. The number of aryl methyl sites for hydroxylation is 1. The molecule has 0 amide bonds. The maximum atomic E-state index is 5.85. The van der Waals surface area contributed by atoms with E-state index in [-0.39, 0.29) is 0 Å². The molecule has 2 aromatic heterocycles. The molecule has 0 atom stereocenters. The summed E-state index contributed by atoms with van der Waals surface area (Å²) in [4.78, 5) is 19.9. The van der Waals surface area contributed by atoms with Crippen molar-refractivity contribution in [1.82, 2.24) is 19.9 Å². The molecular formula is C28H29N5O2. The van der Waals surface area contributed by atoms with Gasteiger partial charge < -0.3 is 19.5 Å². The molecule has 0 bridgehead atoms. The molecule has 1 aliphatic carbocycles. The number of nitrogens with one attached hydrogen (secondary N) is 1. The molecule has 1 N–H and O–H groups in total. The highest BCUT2D eigenvalue weighted by Gasteiger charge is 2.21. The van der Waals surface area contributed by atoms with Gasteiger partial charge in [0.1, 0.15) is 25.3 Å². The number of pyridine rings is 1. The molecule has 0 unspecified atom stereocenters. The van der Waals surface area contributed by atoms with E-state index < -0.39 is 0 Å². The van der Waals surface area contributed by atoms with E-state index in [1.54, 1.807) is 19.5 Å². The number of nitrogens with zero attached hydrogens (tertiary/aromatic N) is 4. The zero-order valence-corrected chi connectivity index (χ0v) is 20.3. The summed E-state index contributed by atoms with van der Waals surface area (Å²) in [7, 11) is 5.66. The van der Waals surface area contributed by atoms with Crippen LogP contribution >= 0.6 is 0 Å². The van der Waals surface area contributed by atoms with Gasteiger partial charge in [-0.25, -0.2) is 4.98 Å². The van der Waals surface area contributed by atoms with Crippen LogP contribution < -0.4 is 4.74 Å². The number of imidazole rings is 1. The van der Waals surface area contributed by atoms with E-state index in [2.05, 4.69) is 38.2 Å². The molecular weight excluding hydrogens is 438 g/mol. The standard InChI is InChI=1S/C28H29N5O2/c1-33(2)16-17-35-23-8-4-20(5-9-23)28-30-26(19-12-14-29-15-13-19)27(31-28)22-6-10-24-21(18-22)7-11-25(24)32-34-3/h4-6,8-10,12-15,18H,7,11,16-17H2,1-3H3,(H,30,31)/b32-25+. The molecule has 7 heteroatoms. The topological polar surface area (TPSA) is 75.6 Å². The largest absolute Gasteiger partial charge is 0.492 e. The van der Waals surface area contributed by atoms with Crippen molar-refractivity contribution in [1.29, 1.82) is 0 Å². The third-order valence-electron chi connectivity index (χ3n) is 6.13. The summed E-state index contributed by atoms with van der Waals surface area (Å²) in [5.41, 5.74) is 8.42. The van der Waals surface area contributed by atoms with Gasteiger partial charge in [-0.05, 0) is 75.0 Å². The number of fused-ring (bicyclic) bond motifs is 1. The molecule has 35 heavy (non-hydrogen) atoms. The molecule has 2 heterocycles. The summed E-state index contributed by atoms with van der Waals surface area (Å²) in [6, 6.07) is 18.5. The third kappa shape index (κ3) is 4.95. The minimum Gasteiger partial charge on any atom is -0.492 e. The van der Waals surface area contributed by atoms with E-state index in [9.17, 15) is 0 Å². The van der Waals surface area contributed by atoms with Crippen molar-refractivity contribution in [3.8, 4) is 39.7 Å². The number of aromatic amines is 1. The summed E-state index contributed by atoms with van der Waals surface area (Å²) in [5, 5.41) is 4.19. The fraction of sp³-hybridized carbons (Fsp3) is 0.250. The Hall–Kier alpha value is -3.97. The lowest BCUT2D eigenvalue weighted by Crippen LogP contribution is -2.19. The van der Waals surface area contributed by atoms with E-state index in [0.717, 1.165) is 70.3 Å². The minimum absolute atomic E-state index is 0.651. The van der Waals surface area contributed by atoms with E-state index in [0.29, 0.717) is 6.61 Å². The average molecular weight is 468 g/mol. The van der Waals surface area contributed by atoms with Crippen LogP contribution in [0.1, 0.15) is 17.5 Å². The van der Waals surface area contributed by atoms with Crippen molar-refractivity contribution in [2.75, 3.05) is 34.4 Å². The van der Waals surface area contributed by atoms with Crippen molar-refractivity contribution < 1.29 is 9.57 Å². The highest BCUT2D eigenvalue weighted by atomic mass is 16.6. The van der Waals surface area contributed by atoms with Gasteiger partial charge in [-0.3, -0.25) is 4.98 Å². The number of aromatic nitrogens is 3. The molecule has 0 spiro atoms. The number of rotatable bonds is 8. The lowest BCUT2D eigenvalue weighted by atomic mass is 10.0. The van der Waals surface area contributed by atoms with Gasteiger partial charge in [0.15, 0.2) is 0 Å². The molecule has 1 aliphatic rings. The number of likely N-dealkylation sites (N-methyl/N-ethyl adjacent to an activating group) is 1. The van der Waals surface area contributed by atoms with Crippen LogP contribution in [0.5, 0.6) is 5.75 Å². The van der Waals surface area contributed by atoms with Crippen LogP contribution in [0.4, 0.5) is 0 Å². The second-order valence-electron chi connectivity index (χ2n) is 8.81. The van der Waals surface area contributed by atoms with Crippen LogP contribution in [0.25, 0.3) is 33.9 Å². The second kappa shape index (κ2) is 10.1. The van der Waals surface area contributed by atoms with Gasteiger partial charge in [-0.15, -0.1) is 0 Å². The molecule has 0 aliphatic heterocycles. The van der Waals surface area contributed by atoms with Crippen LogP contribution in [0.2, 0.25) is 0 Å². The average Bonchev–Trinajstić information content (AvgIpc) is 3.50. The van der Waals surface area contributed by atoms with Gasteiger partial charge in [-0.2, -0.15) is 0 Å². The van der Waals surface area contributed by atoms with Crippen LogP contribution in [0.15, 0.2) is 72.1 Å². The van der Waals surface area contributed by atoms with Crippen molar-refractivity contribution in [2.24, 2.45) is 5.16 Å². The molecule has 5 rings (SSSR count). The highest BCUT2D eigenvalue weighted by Crippen LogP contribution is 2.35. The lowest BCUT2D eigenvalue weighted by Gasteiger charge is -2.11. The quantitative estimate of drug-likeness (QED) is 0.367. The minimum atomic E-state index is 0.651. The first-order valence-corrected chi connectivity index (χ1v) is 11.7. The first kappa shape index (κ1) is 22.8. The predicted octanol–water partition coefficient (Wildman–Crippen LogP) is 5.04. The van der Waals surface area contributed by atoms with Crippen molar-refractivity contribution in [2.45, 2.75) is 12.8 Å². The Morgan fingerprint density at radius 3 is 2.46 bits per heavy atom. The Bertz CT molecular complexity index is 1330. The summed E-state index contributed by atoms with van der Waals surface area (Å²) in [6.07, 6.45) is 5.44. The Kier molecular flexibility index (Phi) is 6.59. The van der Waals surface area contributed by atoms with Crippen LogP contribution in [0, 0.1) is 0 Å². The van der Waals surface area contributed by atoms with Crippen LogP contribution in [-0.4, -0.2) is 59.9 Å². The maximum Gasteiger partial charge on any atom is 0.138 e. The fourth-order valence-electron chi connectivity index (χ4n) is 4.32. The number of H-pyrrole nitrogens is 1. The summed E-state index contributed by atoms with van der Waals surface area (Å²) >= 11 is 0. The molecule has 0 saturated heterocycles. The van der Waals surface area contributed by atoms with E-state index in [1.165, 1.54) is 5.56 Å². The Labute approximate surface area is 205 Å². The number of ether oxygens (including phenoxy) is 1. The molecule has 178 valence electrons. The number of oxime groups is 1. The second-order valence-corrected chi connectivity index (χ2v) is 8.81. The van der Waals surface area contributed by atoms with Crippen molar-refractivity contribution in [3.05, 3.63) is 78.1 Å². The van der Waals surface area contributed by atoms with Gasteiger partial charge >= 0.3 is 0 Å². The Morgan fingerprint density at radius 2 is 1.71 bits per heavy atom. The van der Waals surface area contributed by atoms with Gasteiger partial charge in [0.05, 0.1) is 17.1 Å². The van der Waals surface area contributed by atoms with Gasteiger partial charge in [-0.1, -0.05) is 17.3 Å². The maximum absolute atomic E-state index is 5.85. The number of hydrogen-bond acceptors (Lipinski definition) is 6. The summed E-state index contributed by atoms with van der Waals surface area (Å²) in [5.74, 6) is 1.66. The van der Waals surface area contributed by atoms with Crippen LogP contribution in [-0.2, 0) is 11.3 Å². The first-order chi connectivity index (χ1) is 17.1. The molecule has 7 nitrogen and oxygen atoms in total. The lowest BCUT2D eigenvalue weighted by molar-refractivity contribution is 0.213. The van der Waals surface area contributed by atoms with Crippen molar-refractivity contribution in [3.63, 3.8) is 0 Å². The van der Waals surface area contributed by atoms with Crippen molar-refractivity contribution >= 4 is 5.71 Å².